The van der Waals surface area contributed by atoms with Gasteiger partial charge in [0.15, 0.2) is 6.61 Å². The molecule has 162 valence electrons. The van der Waals surface area contributed by atoms with Crippen molar-refractivity contribution < 1.29 is 27.5 Å². The maximum atomic E-state index is 12.2. The van der Waals surface area contributed by atoms with Gasteiger partial charge in [0.1, 0.15) is 6.10 Å². The SMILES string of the molecule is CC1CCC(C(C)C)C(OC(=O)COC(=O)c2ccc(S(=O)(=O)N(C)C)cc2)C1. The van der Waals surface area contributed by atoms with Gasteiger partial charge in [-0.3, -0.25) is 0 Å². The Bertz CT molecular complexity index is 816. The van der Waals surface area contributed by atoms with Gasteiger partial charge in [-0.2, -0.15) is 0 Å². The quantitative estimate of drug-likeness (QED) is 0.624. The predicted molar refractivity (Wildman–Crippen MR) is 109 cm³/mol. The first-order valence-electron chi connectivity index (χ1n) is 9.91. The Labute approximate surface area is 173 Å². The van der Waals surface area contributed by atoms with Gasteiger partial charge in [-0.05, 0) is 54.9 Å². The van der Waals surface area contributed by atoms with Crippen LogP contribution in [0.25, 0.3) is 0 Å². The van der Waals surface area contributed by atoms with Crippen molar-refractivity contribution in [1.29, 1.82) is 0 Å². The molecule has 0 amide bonds. The lowest BCUT2D eigenvalue weighted by atomic mass is 9.75. The number of hydrogen-bond donors (Lipinski definition) is 0. The van der Waals surface area contributed by atoms with Crippen LogP contribution in [-0.4, -0.2) is 51.5 Å². The van der Waals surface area contributed by atoms with E-state index in [0.29, 0.717) is 17.8 Å². The maximum absolute atomic E-state index is 12.2. The molecule has 1 fully saturated rings. The van der Waals surface area contributed by atoms with E-state index in [2.05, 4.69) is 20.8 Å². The molecule has 7 nitrogen and oxygen atoms in total. The van der Waals surface area contributed by atoms with Crippen molar-refractivity contribution in [2.75, 3.05) is 20.7 Å². The van der Waals surface area contributed by atoms with Crippen LogP contribution in [0.3, 0.4) is 0 Å². The maximum Gasteiger partial charge on any atom is 0.344 e. The lowest BCUT2D eigenvalue weighted by Gasteiger charge is -2.36. The minimum atomic E-state index is -3.57. The monoisotopic (exact) mass is 425 g/mol. The Morgan fingerprint density at radius 2 is 1.76 bits per heavy atom. The van der Waals surface area contributed by atoms with Crippen molar-refractivity contribution >= 4 is 22.0 Å². The van der Waals surface area contributed by atoms with Crippen molar-refractivity contribution in [2.45, 2.75) is 51.0 Å². The van der Waals surface area contributed by atoms with Crippen molar-refractivity contribution in [2.24, 2.45) is 17.8 Å². The molecule has 0 N–H and O–H groups in total. The number of ether oxygens (including phenoxy) is 2. The fraction of sp³-hybridized carbons (Fsp3) is 0.619. The minimum Gasteiger partial charge on any atom is -0.460 e. The summed E-state index contributed by atoms with van der Waals surface area (Å²) in [6.45, 7) is 5.94. The van der Waals surface area contributed by atoms with Gasteiger partial charge in [-0.15, -0.1) is 0 Å². The number of nitrogens with zero attached hydrogens (tertiary/aromatic N) is 1. The smallest absolute Gasteiger partial charge is 0.344 e. The van der Waals surface area contributed by atoms with E-state index >= 15 is 0 Å². The van der Waals surface area contributed by atoms with Crippen LogP contribution >= 0.6 is 0 Å². The zero-order valence-corrected chi connectivity index (χ0v) is 18.6. The molecule has 0 aliphatic heterocycles. The molecule has 0 heterocycles. The summed E-state index contributed by atoms with van der Waals surface area (Å²) in [6.07, 6.45) is 2.83. The van der Waals surface area contributed by atoms with Crippen molar-refractivity contribution in [3.05, 3.63) is 29.8 Å². The molecule has 1 saturated carbocycles. The summed E-state index contributed by atoms with van der Waals surface area (Å²) in [5.41, 5.74) is 0.168. The zero-order chi connectivity index (χ0) is 21.8. The average Bonchev–Trinajstić information content (AvgIpc) is 2.65. The average molecular weight is 426 g/mol. The molecule has 0 bridgehead atoms. The summed E-state index contributed by atoms with van der Waals surface area (Å²) in [6, 6.07) is 5.39. The van der Waals surface area contributed by atoms with Gasteiger partial charge in [-0.25, -0.2) is 22.3 Å². The van der Waals surface area contributed by atoms with E-state index in [9.17, 15) is 18.0 Å². The second-order valence-corrected chi connectivity index (χ2v) is 10.4. The van der Waals surface area contributed by atoms with Gasteiger partial charge < -0.3 is 9.47 Å². The lowest BCUT2D eigenvalue weighted by molar-refractivity contribution is -0.159. The molecule has 0 spiro atoms. The fourth-order valence-electron chi connectivity index (χ4n) is 3.63. The molecule has 0 aromatic heterocycles. The highest BCUT2D eigenvalue weighted by molar-refractivity contribution is 7.89. The van der Waals surface area contributed by atoms with E-state index in [1.54, 1.807) is 0 Å². The van der Waals surface area contributed by atoms with Crippen molar-refractivity contribution in [3.63, 3.8) is 0 Å². The van der Waals surface area contributed by atoms with Gasteiger partial charge in [0, 0.05) is 14.1 Å². The highest BCUT2D eigenvalue weighted by atomic mass is 32.2. The molecule has 1 aromatic carbocycles. The van der Waals surface area contributed by atoms with Crippen LogP contribution in [0.2, 0.25) is 0 Å². The Hall–Kier alpha value is -1.93. The predicted octanol–water partition coefficient (Wildman–Crippen LogP) is 3.10. The summed E-state index contributed by atoms with van der Waals surface area (Å²) < 4.78 is 35.9. The molecule has 0 saturated heterocycles. The van der Waals surface area contributed by atoms with Crippen molar-refractivity contribution in [1.82, 2.24) is 4.31 Å². The van der Waals surface area contributed by atoms with Gasteiger partial charge in [0.05, 0.1) is 10.5 Å². The number of esters is 2. The van der Waals surface area contributed by atoms with Crippen LogP contribution < -0.4 is 0 Å². The van der Waals surface area contributed by atoms with Crippen LogP contribution in [0.5, 0.6) is 0 Å². The molecule has 2 rings (SSSR count). The molecule has 29 heavy (non-hydrogen) atoms. The standard InChI is InChI=1S/C21H31NO6S/c1-14(2)18-11-6-15(3)12-19(18)28-20(23)13-27-21(24)16-7-9-17(10-8-16)29(25,26)22(4)5/h7-10,14-15,18-19H,6,11-13H2,1-5H3. The van der Waals surface area contributed by atoms with Crippen molar-refractivity contribution in [3.8, 4) is 0 Å². The summed E-state index contributed by atoms with van der Waals surface area (Å²) in [5, 5.41) is 0. The van der Waals surface area contributed by atoms with E-state index in [1.807, 2.05) is 0 Å². The van der Waals surface area contributed by atoms with Gasteiger partial charge in [-0.1, -0.05) is 27.2 Å². The number of carbonyl (C=O) groups excluding carboxylic acids is 2. The van der Waals surface area contributed by atoms with Crippen LogP contribution in [0.1, 0.15) is 50.4 Å². The lowest BCUT2D eigenvalue weighted by Crippen LogP contribution is -2.36. The second-order valence-electron chi connectivity index (χ2n) is 8.24. The largest absolute Gasteiger partial charge is 0.460 e. The number of hydrogen-bond acceptors (Lipinski definition) is 6. The number of sulfonamides is 1. The van der Waals surface area contributed by atoms with Gasteiger partial charge in [0.2, 0.25) is 10.0 Å². The minimum absolute atomic E-state index is 0.0737. The van der Waals surface area contributed by atoms with E-state index in [4.69, 9.17) is 9.47 Å². The van der Waals surface area contributed by atoms with Gasteiger partial charge in [0.25, 0.3) is 0 Å². The normalized spacial score (nSPS) is 22.5. The number of rotatable bonds is 7. The van der Waals surface area contributed by atoms with E-state index in [1.165, 1.54) is 38.4 Å². The Morgan fingerprint density at radius 3 is 2.31 bits per heavy atom. The summed E-state index contributed by atoms with van der Waals surface area (Å²) >= 11 is 0. The first-order valence-corrected chi connectivity index (χ1v) is 11.4. The zero-order valence-electron chi connectivity index (χ0n) is 17.8. The fourth-order valence-corrected chi connectivity index (χ4v) is 4.54. The molecule has 1 aliphatic carbocycles. The first-order chi connectivity index (χ1) is 13.5. The third kappa shape index (κ3) is 6.02. The topological polar surface area (TPSA) is 90.0 Å². The second kappa shape index (κ2) is 9.71. The first kappa shape index (κ1) is 23.3. The Kier molecular flexibility index (Phi) is 7.82. The summed E-state index contributed by atoms with van der Waals surface area (Å²) in [7, 11) is -0.710. The van der Waals surface area contributed by atoms with Gasteiger partial charge >= 0.3 is 11.9 Å². The molecule has 3 unspecified atom stereocenters. The molecule has 1 aromatic rings. The highest BCUT2D eigenvalue weighted by Crippen LogP contribution is 2.35. The Balaban J connectivity index is 1.92. The summed E-state index contributed by atoms with van der Waals surface area (Å²) in [5.74, 6) is -0.0257. The molecular weight excluding hydrogens is 394 g/mol. The van der Waals surface area contributed by atoms with E-state index in [0.717, 1.165) is 23.6 Å². The number of carbonyl (C=O) groups is 2. The molecule has 8 heteroatoms. The van der Waals surface area contributed by atoms with Crippen LogP contribution in [-0.2, 0) is 24.3 Å². The third-order valence-corrected chi connectivity index (χ3v) is 7.26. The third-order valence-electron chi connectivity index (χ3n) is 5.43. The van der Waals surface area contributed by atoms with Crippen LogP contribution in [0.4, 0.5) is 0 Å². The molecule has 3 atom stereocenters. The van der Waals surface area contributed by atoms with Crippen LogP contribution in [0, 0.1) is 17.8 Å². The van der Waals surface area contributed by atoms with E-state index in [-0.39, 0.29) is 16.6 Å². The van der Waals surface area contributed by atoms with E-state index < -0.39 is 28.6 Å². The van der Waals surface area contributed by atoms with Crippen LogP contribution in [0.15, 0.2) is 29.2 Å². The number of benzene rings is 1. The highest BCUT2D eigenvalue weighted by Gasteiger charge is 2.33. The molecule has 1 aliphatic rings. The Morgan fingerprint density at radius 1 is 1.14 bits per heavy atom. The summed E-state index contributed by atoms with van der Waals surface area (Å²) in [4.78, 5) is 24.4. The molecular formula is C21H31NO6S. The molecule has 0 radical (unpaired) electrons.